The van der Waals surface area contributed by atoms with E-state index in [1.165, 1.54) is 16.1 Å². The molecular formula is C24H32N2O3S. The molecule has 1 heterocycles. The topological polar surface area (TPSA) is 57.7 Å². The third-order valence-electron chi connectivity index (χ3n) is 5.86. The maximum atomic E-state index is 13.4. The number of benzene rings is 2. The fourth-order valence-corrected chi connectivity index (χ4v) is 5.52. The van der Waals surface area contributed by atoms with Crippen molar-refractivity contribution < 1.29 is 13.2 Å². The van der Waals surface area contributed by atoms with Crippen LogP contribution in [0.4, 0.5) is 5.69 Å². The van der Waals surface area contributed by atoms with Gasteiger partial charge in [-0.1, -0.05) is 49.4 Å². The van der Waals surface area contributed by atoms with Gasteiger partial charge in [-0.25, -0.2) is 8.42 Å². The summed E-state index contributed by atoms with van der Waals surface area (Å²) in [5, 5.41) is 0. The van der Waals surface area contributed by atoms with E-state index < -0.39 is 16.1 Å². The zero-order valence-electron chi connectivity index (χ0n) is 18.1. The van der Waals surface area contributed by atoms with Gasteiger partial charge in [-0.2, -0.15) is 0 Å². The van der Waals surface area contributed by atoms with Gasteiger partial charge in [0.15, 0.2) is 0 Å². The molecule has 1 fully saturated rings. The Morgan fingerprint density at radius 1 is 1.10 bits per heavy atom. The van der Waals surface area contributed by atoms with Crippen LogP contribution in [0.25, 0.3) is 0 Å². The van der Waals surface area contributed by atoms with Gasteiger partial charge in [0.1, 0.15) is 6.04 Å². The maximum Gasteiger partial charge on any atom is 0.246 e. The summed E-state index contributed by atoms with van der Waals surface area (Å²) in [6.45, 7) is 5.15. The molecule has 3 rings (SSSR count). The van der Waals surface area contributed by atoms with Gasteiger partial charge in [-0.15, -0.1) is 0 Å². The fourth-order valence-electron chi connectivity index (χ4n) is 4.32. The minimum atomic E-state index is -3.60. The zero-order valence-corrected chi connectivity index (χ0v) is 18.9. The predicted molar refractivity (Wildman–Crippen MR) is 122 cm³/mol. The molecule has 5 nitrogen and oxygen atoms in total. The third-order valence-corrected chi connectivity index (χ3v) is 7.04. The Morgan fingerprint density at radius 3 is 2.33 bits per heavy atom. The average molecular weight is 429 g/mol. The number of carbonyl (C=O) groups excluding carboxylic acids is 1. The number of aryl methyl sites for hydroxylation is 1. The van der Waals surface area contributed by atoms with Gasteiger partial charge in [-0.05, 0) is 61.8 Å². The van der Waals surface area contributed by atoms with Gasteiger partial charge in [-0.3, -0.25) is 9.10 Å². The van der Waals surface area contributed by atoms with E-state index in [2.05, 4.69) is 24.3 Å². The number of likely N-dealkylation sites (tertiary alicyclic amines) is 1. The number of hydrogen-bond acceptors (Lipinski definition) is 3. The quantitative estimate of drug-likeness (QED) is 0.669. The van der Waals surface area contributed by atoms with Gasteiger partial charge >= 0.3 is 0 Å². The number of rotatable bonds is 7. The molecule has 2 aromatic carbocycles. The molecule has 30 heavy (non-hydrogen) atoms. The Bertz CT molecular complexity index is 951. The Labute approximate surface area is 180 Å². The molecule has 1 atom stereocenters. The number of sulfonamides is 1. The van der Waals surface area contributed by atoms with Gasteiger partial charge in [0.25, 0.3) is 0 Å². The highest BCUT2D eigenvalue weighted by atomic mass is 32.2. The minimum absolute atomic E-state index is 0.0948. The largest absolute Gasteiger partial charge is 0.341 e. The Hall–Kier alpha value is -2.34. The molecule has 0 bridgehead atoms. The second-order valence-electron chi connectivity index (χ2n) is 8.28. The van der Waals surface area contributed by atoms with Gasteiger partial charge in [0.2, 0.25) is 15.9 Å². The van der Waals surface area contributed by atoms with Crippen LogP contribution in [0, 0.1) is 12.8 Å². The van der Waals surface area contributed by atoms with Crippen LogP contribution in [-0.2, 0) is 21.2 Å². The van der Waals surface area contributed by atoms with E-state index in [4.69, 9.17) is 0 Å². The first-order valence-electron chi connectivity index (χ1n) is 10.7. The van der Waals surface area contributed by atoms with Crippen LogP contribution in [0.1, 0.15) is 37.3 Å². The van der Waals surface area contributed by atoms with Crippen LogP contribution in [0.3, 0.4) is 0 Å². The summed E-state index contributed by atoms with van der Waals surface area (Å²) < 4.78 is 26.6. The van der Waals surface area contributed by atoms with Crippen molar-refractivity contribution in [1.82, 2.24) is 4.90 Å². The summed E-state index contributed by atoms with van der Waals surface area (Å²) in [6, 6.07) is 17.1. The fraction of sp³-hybridized carbons (Fsp3) is 0.458. The normalized spacial score (nSPS) is 16.3. The standard InChI is InChI=1S/C24H32N2O3S/c1-4-23(26(30(3,28)29)22-12-8-9-19(2)17-22)24(27)25-15-13-21(14-16-25)18-20-10-6-5-7-11-20/h5-12,17,21,23H,4,13-16,18H2,1-3H3/t23-/m1/s1. The van der Waals surface area contributed by atoms with Crippen molar-refractivity contribution in [2.75, 3.05) is 23.7 Å². The number of piperidine rings is 1. The van der Waals surface area contributed by atoms with Crippen molar-refractivity contribution in [2.24, 2.45) is 5.92 Å². The van der Waals surface area contributed by atoms with E-state index in [-0.39, 0.29) is 5.91 Å². The molecule has 0 spiro atoms. The lowest BCUT2D eigenvalue weighted by atomic mass is 9.90. The van der Waals surface area contributed by atoms with E-state index >= 15 is 0 Å². The highest BCUT2D eigenvalue weighted by Gasteiger charge is 2.35. The molecule has 6 heteroatoms. The first-order valence-corrected chi connectivity index (χ1v) is 12.5. The second kappa shape index (κ2) is 9.65. The van der Waals surface area contributed by atoms with E-state index in [0.29, 0.717) is 31.1 Å². The van der Waals surface area contributed by atoms with E-state index in [9.17, 15) is 13.2 Å². The molecule has 2 aromatic rings. The molecule has 0 radical (unpaired) electrons. The summed E-state index contributed by atoms with van der Waals surface area (Å²) in [5.74, 6) is 0.460. The van der Waals surface area contributed by atoms with Crippen LogP contribution in [-0.4, -0.2) is 44.6 Å². The molecular weight excluding hydrogens is 396 g/mol. The summed E-state index contributed by atoms with van der Waals surface area (Å²) in [6.07, 6.45) is 4.53. The van der Waals surface area contributed by atoms with Crippen LogP contribution >= 0.6 is 0 Å². The highest BCUT2D eigenvalue weighted by molar-refractivity contribution is 7.92. The molecule has 0 saturated carbocycles. The van der Waals surface area contributed by atoms with Crippen molar-refractivity contribution in [3.8, 4) is 0 Å². The lowest BCUT2D eigenvalue weighted by Crippen LogP contribution is -2.52. The molecule has 0 N–H and O–H groups in total. The summed E-state index contributed by atoms with van der Waals surface area (Å²) >= 11 is 0. The summed E-state index contributed by atoms with van der Waals surface area (Å²) in [7, 11) is -3.60. The van der Waals surface area contributed by atoms with E-state index in [0.717, 1.165) is 24.8 Å². The van der Waals surface area contributed by atoms with Gasteiger partial charge in [0.05, 0.1) is 11.9 Å². The highest BCUT2D eigenvalue weighted by Crippen LogP contribution is 2.27. The van der Waals surface area contributed by atoms with Crippen LogP contribution in [0.5, 0.6) is 0 Å². The van der Waals surface area contributed by atoms with Gasteiger partial charge in [0, 0.05) is 13.1 Å². The Balaban J connectivity index is 1.72. The Morgan fingerprint density at radius 2 is 1.77 bits per heavy atom. The number of carbonyl (C=O) groups is 1. The number of anilines is 1. The molecule has 0 aliphatic carbocycles. The number of nitrogens with zero attached hydrogens (tertiary/aromatic N) is 2. The van der Waals surface area contributed by atoms with Crippen molar-refractivity contribution in [3.05, 3.63) is 65.7 Å². The van der Waals surface area contributed by atoms with Crippen molar-refractivity contribution in [2.45, 2.75) is 45.6 Å². The smallest absolute Gasteiger partial charge is 0.246 e. The first kappa shape index (κ1) is 22.3. The maximum absolute atomic E-state index is 13.4. The molecule has 0 unspecified atom stereocenters. The molecule has 1 saturated heterocycles. The molecule has 162 valence electrons. The van der Waals surface area contributed by atoms with Crippen LogP contribution in [0.15, 0.2) is 54.6 Å². The van der Waals surface area contributed by atoms with Crippen molar-refractivity contribution in [3.63, 3.8) is 0 Å². The predicted octanol–water partition coefficient (Wildman–Crippen LogP) is 4.02. The van der Waals surface area contributed by atoms with Crippen LogP contribution in [0.2, 0.25) is 0 Å². The molecule has 0 aromatic heterocycles. The Kier molecular flexibility index (Phi) is 7.19. The van der Waals surface area contributed by atoms with Crippen LogP contribution < -0.4 is 4.31 Å². The zero-order chi connectivity index (χ0) is 21.7. The lowest BCUT2D eigenvalue weighted by molar-refractivity contribution is -0.133. The van der Waals surface area contributed by atoms with E-state index in [1.54, 1.807) is 6.07 Å². The average Bonchev–Trinajstić information content (AvgIpc) is 2.72. The molecule has 1 amide bonds. The minimum Gasteiger partial charge on any atom is -0.341 e. The summed E-state index contributed by atoms with van der Waals surface area (Å²) in [4.78, 5) is 15.2. The second-order valence-corrected chi connectivity index (χ2v) is 10.1. The first-order chi connectivity index (χ1) is 14.3. The molecule has 1 aliphatic heterocycles. The van der Waals surface area contributed by atoms with Crippen molar-refractivity contribution in [1.29, 1.82) is 0 Å². The lowest BCUT2D eigenvalue weighted by Gasteiger charge is -2.37. The van der Waals surface area contributed by atoms with Crippen molar-refractivity contribution >= 4 is 21.6 Å². The third kappa shape index (κ3) is 5.42. The van der Waals surface area contributed by atoms with Gasteiger partial charge < -0.3 is 4.90 Å². The van der Waals surface area contributed by atoms with E-state index in [1.807, 2.05) is 43.0 Å². The number of hydrogen-bond donors (Lipinski definition) is 0. The summed E-state index contributed by atoms with van der Waals surface area (Å²) in [5.41, 5.74) is 2.85. The monoisotopic (exact) mass is 428 g/mol. The number of amides is 1. The SMILES string of the molecule is CC[C@H](C(=O)N1CCC(Cc2ccccc2)CC1)N(c1cccc(C)c1)S(C)(=O)=O. The molecule has 1 aliphatic rings.